The number of benzene rings is 2. The second kappa shape index (κ2) is 10.6. The van der Waals surface area contributed by atoms with E-state index < -0.39 is 0 Å². The summed E-state index contributed by atoms with van der Waals surface area (Å²) < 4.78 is 0. The fraction of sp³-hybridized carbons (Fsp3) is 0.435. The molecule has 0 amide bonds. The van der Waals surface area contributed by atoms with E-state index in [0.717, 1.165) is 57.8 Å². The zero-order valence-electron chi connectivity index (χ0n) is 16.8. The van der Waals surface area contributed by atoms with Crippen molar-refractivity contribution in [2.75, 3.05) is 31.1 Å². The van der Waals surface area contributed by atoms with Crippen LogP contribution in [0.3, 0.4) is 0 Å². The number of rotatable bonds is 7. The van der Waals surface area contributed by atoms with Crippen LogP contribution in [0.25, 0.3) is 0 Å². The molecule has 1 fully saturated rings. The van der Waals surface area contributed by atoms with Crippen molar-refractivity contribution in [3.8, 4) is 5.75 Å². The Labute approximate surface area is 168 Å². The third kappa shape index (κ3) is 6.19. The van der Waals surface area contributed by atoms with E-state index in [4.69, 9.17) is 4.99 Å². The third-order valence-corrected chi connectivity index (χ3v) is 5.13. The Morgan fingerprint density at radius 2 is 1.79 bits per heavy atom. The fourth-order valence-corrected chi connectivity index (χ4v) is 3.57. The Bertz CT molecular complexity index is 722. The molecule has 2 aromatic carbocycles. The van der Waals surface area contributed by atoms with E-state index in [9.17, 15) is 5.11 Å². The molecular formula is C23H32N4O. The molecular weight excluding hydrogens is 348 g/mol. The summed E-state index contributed by atoms with van der Waals surface area (Å²) in [6, 6.07) is 18.6. The Balaban J connectivity index is 1.43. The monoisotopic (exact) mass is 380 g/mol. The molecule has 0 aliphatic carbocycles. The van der Waals surface area contributed by atoms with Crippen molar-refractivity contribution < 1.29 is 5.11 Å². The maximum absolute atomic E-state index is 9.36. The molecule has 0 atom stereocenters. The van der Waals surface area contributed by atoms with E-state index >= 15 is 0 Å². The topological polar surface area (TPSA) is 59.9 Å². The summed E-state index contributed by atoms with van der Waals surface area (Å²) in [6.07, 6.45) is 4.20. The van der Waals surface area contributed by atoms with E-state index in [0.29, 0.717) is 11.8 Å². The molecule has 0 aromatic heterocycles. The predicted octanol–water partition coefficient (Wildman–Crippen LogP) is 3.55. The number of aromatic hydroxyl groups is 1. The molecule has 5 nitrogen and oxygen atoms in total. The minimum atomic E-state index is 0.318. The first kappa shape index (κ1) is 20.1. The van der Waals surface area contributed by atoms with Crippen LogP contribution in [0.1, 0.15) is 31.7 Å². The molecule has 0 unspecified atom stereocenters. The minimum absolute atomic E-state index is 0.318. The Kier molecular flexibility index (Phi) is 7.59. The lowest BCUT2D eigenvalue weighted by Crippen LogP contribution is -2.48. The maximum atomic E-state index is 9.36. The van der Waals surface area contributed by atoms with Gasteiger partial charge in [-0.2, -0.15) is 0 Å². The summed E-state index contributed by atoms with van der Waals surface area (Å²) in [5.74, 6) is 1.24. The predicted molar refractivity (Wildman–Crippen MR) is 117 cm³/mol. The van der Waals surface area contributed by atoms with Crippen molar-refractivity contribution in [3.63, 3.8) is 0 Å². The fourth-order valence-electron chi connectivity index (χ4n) is 3.57. The van der Waals surface area contributed by atoms with Gasteiger partial charge in [0.1, 0.15) is 5.75 Å². The number of anilines is 1. The Morgan fingerprint density at radius 1 is 1.07 bits per heavy atom. The van der Waals surface area contributed by atoms with Gasteiger partial charge in [0.15, 0.2) is 5.96 Å². The summed E-state index contributed by atoms with van der Waals surface area (Å²) in [5, 5.41) is 16.3. The van der Waals surface area contributed by atoms with Gasteiger partial charge in [0.25, 0.3) is 0 Å². The van der Waals surface area contributed by atoms with Gasteiger partial charge in [-0.3, -0.25) is 4.99 Å². The molecule has 2 aromatic rings. The number of aliphatic imine (C=N–C) groups is 1. The normalized spacial score (nSPS) is 15.5. The number of phenolic OH excluding ortho intramolecular Hbond substituents is 1. The van der Waals surface area contributed by atoms with Crippen LogP contribution in [0.5, 0.6) is 5.75 Å². The zero-order valence-corrected chi connectivity index (χ0v) is 16.8. The van der Waals surface area contributed by atoms with Gasteiger partial charge < -0.3 is 20.6 Å². The van der Waals surface area contributed by atoms with Gasteiger partial charge in [0, 0.05) is 37.9 Å². The molecule has 28 heavy (non-hydrogen) atoms. The molecule has 0 radical (unpaired) electrons. The summed E-state index contributed by atoms with van der Waals surface area (Å²) in [7, 11) is 0. The number of piperidine rings is 1. The number of hydrogen-bond acceptors (Lipinski definition) is 3. The number of guanidine groups is 1. The van der Waals surface area contributed by atoms with E-state index in [2.05, 4.69) is 52.8 Å². The minimum Gasteiger partial charge on any atom is -0.508 e. The SMILES string of the molecule is CCNC(=NCCCc1ccc(O)cc1)NC1CCN(c2ccccc2)CC1. The second-order valence-electron chi connectivity index (χ2n) is 7.27. The number of nitrogens with one attached hydrogen (secondary N) is 2. The van der Waals surface area contributed by atoms with Gasteiger partial charge >= 0.3 is 0 Å². The van der Waals surface area contributed by atoms with Gasteiger partial charge in [0.2, 0.25) is 0 Å². The van der Waals surface area contributed by atoms with E-state index in [1.165, 1.54) is 11.3 Å². The number of nitrogens with zero attached hydrogens (tertiary/aromatic N) is 2. The number of hydrogen-bond donors (Lipinski definition) is 3. The lowest BCUT2D eigenvalue weighted by Gasteiger charge is -2.34. The number of phenols is 1. The highest BCUT2D eigenvalue weighted by molar-refractivity contribution is 5.80. The lowest BCUT2D eigenvalue weighted by molar-refractivity contribution is 0.461. The molecule has 3 rings (SSSR count). The average Bonchev–Trinajstić information content (AvgIpc) is 2.74. The maximum Gasteiger partial charge on any atom is 0.191 e. The van der Waals surface area contributed by atoms with Gasteiger partial charge in [-0.25, -0.2) is 0 Å². The van der Waals surface area contributed by atoms with Crippen LogP contribution in [-0.4, -0.2) is 43.3 Å². The number of para-hydroxylation sites is 1. The second-order valence-corrected chi connectivity index (χ2v) is 7.27. The van der Waals surface area contributed by atoms with Crippen molar-refractivity contribution in [3.05, 3.63) is 60.2 Å². The van der Waals surface area contributed by atoms with Gasteiger partial charge in [-0.1, -0.05) is 30.3 Å². The Hall–Kier alpha value is -2.69. The molecule has 1 saturated heterocycles. The van der Waals surface area contributed by atoms with E-state index in [1.807, 2.05) is 12.1 Å². The first-order valence-corrected chi connectivity index (χ1v) is 10.4. The zero-order chi connectivity index (χ0) is 19.6. The van der Waals surface area contributed by atoms with Crippen LogP contribution in [-0.2, 0) is 6.42 Å². The molecule has 1 aliphatic heterocycles. The Morgan fingerprint density at radius 3 is 2.46 bits per heavy atom. The third-order valence-electron chi connectivity index (χ3n) is 5.13. The smallest absolute Gasteiger partial charge is 0.191 e. The van der Waals surface area contributed by atoms with E-state index in [1.54, 1.807) is 12.1 Å². The molecule has 1 aliphatic rings. The van der Waals surface area contributed by atoms with Crippen molar-refractivity contribution >= 4 is 11.6 Å². The number of aryl methyl sites for hydroxylation is 1. The molecule has 1 heterocycles. The van der Waals surface area contributed by atoms with Crippen LogP contribution in [0, 0.1) is 0 Å². The van der Waals surface area contributed by atoms with Crippen LogP contribution >= 0.6 is 0 Å². The standard InChI is InChI=1S/C23H32N4O/c1-2-24-23(25-16-6-7-19-10-12-22(28)13-11-19)26-20-14-17-27(18-15-20)21-8-4-3-5-9-21/h3-5,8-13,20,28H,2,6-7,14-18H2,1H3,(H2,24,25,26). The highest BCUT2D eigenvalue weighted by atomic mass is 16.3. The van der Waals surface area contributed by atoms with Crippen molar-refractivity contribution in [2.45, 2.75) is 38.6 Å². The first-order valence-electron chi connectivity index (χ1n) is 10.4. The molecule has 0 spiro atoms. The highest BCUT2D eigenvalue weighted by Crippen LogP contribution is 2.19. The van der Waals surface area contributed by atoms with Crippen molar-refractivity contribution in [1.29, 1.82) is 0 Å². The van der Waals surface area contributed by atoms with Crippen molar-refractivity contribution in [2.24, 2.45) is 4.99 Å². The van der Waals surface area contributed by atoms with Crippen LogP contribution in [0.4, 0.5) is 5.69 Å². The van der Waals surface area contributed by atoms with Crippen LogP contribution < -0.4 is 15.5 Å². The summed E-state index contributed by atoms with van der Waals surface area (Å²) in [6.45, 7) is 5.90. The van der Waals surface area contributed by atoms with Gasteiger partial charge in [0.05, 0.1) is 0 Å². The summed E-state index contributed by atoms with van der Waals surface area (Å²) in [4.78, 5) is 7.21. The summed E-state index contributed by atoms with van der Waals surface area (Å²) >= 11 is 0. The van der Waals surface area contributed by atoms with E-state index in [-0.39, 0.29) is 0 Å². The quantitative estimate of drug-likeness (QED) is 0.391. The molecule has 5 heteroatoms. The van der Waals surface area contributed by atoms with Gasteiger partial charge in [-0.15, -0.1) is 0 Å². The molecule has 0 saturated carbocycles. The van der Waals surface area contributed by atoms with Gasteiger partial charge in [-0.05, 0) is 62.4 Å². The molecule has 150 valence electrons. The largest absolute Gasteiger partial charge is 0.508 e. The highest BCUT2D eigenvalue weighted by Gasteiger charge is 2.20. The summed E-state index contributed by atoms with van der Waals surface area (Å²) in [5.41, 5.74) is 2.55. The average molecular weight is 381 g/mol. The lowest BCUT2D eigenvalue weighted by atomic mass is 10.0. The first-order chi connectivity index (χ1) is 13.7. The van der Waals surface area contributed by atoms with Crippen molar-refractivity contribution in [1.82, 2.24) is 10.6 Å². The van der Waals surface area contributed by atoms with Crippen LogP contribution in [0.15, 0.2) is 59.6 Å². The van der Waals surface area contributed by atoms with Crippen LogP contribution in [0.2, 0.25) is 0 Å². The molecule has 3 N–H and O–H groups in total. The molecule has 0 bridgehead atoms.